The highest BCUT2D eigenvalue weighted by molar-refractivity contribution is 5.67. The number of pyridine rings is 1. The zero-order valence-corrected chi connectivity index (χ0v) is 14.2. The molecule has 0 amide bonds. The molecule has 0 saturated carbocycles. The SMILES string of the molecule is CCN(C)CCN(C)C(C)c1ccccc1-c1cccnc1. The van der Waals surface area contributed by atoms with E-state index in [1.165, 1.54) is 16.7 Å². The highest BCUT2D eigenvalue weighted by Gasteiger charge is 2.16. The van der Waals surface area contributed by atoms with Crippen LogP contribution in [0.3, 0.4) is 0 Å². The number of aromatic nitrogens is 1. The third kappa shape index (κ3) is 4.15. The smallest absolute Gasteiger partial charge is 0.0346 e. The van der Waals surface area contributed by atoms with Gasteiger partial charge in [-0.15, -0.1) is 0 Å². The van der Waals surface area contributed by atoms with Crippen LogP contribution in [0, 0.1) is 0 Å². The molecule has 118 valence electrons. The first-order chi connectivity index (χ1) is 10.6. The van der Waals surface area contributed by atoms with Gasteiger partial charge in [0, 0.05) is 37.1 Å². The van der Waals surface area contributed by atoms with Gasteiger partial charge in [-0.05, 0) is 44.8 Å². The normalized spacial score (nSPS) is 12.8. The average molecular weight is 297 g/mol. The van der Waals surface area contributed by atoms with Crippen LogP contribution < -0.4 is 0 Å². The molecule has 1 aromatic heterocycles. The number of benzene rings is 1. The molecule has 1 heterocycles. The Morgan fingerprint density at radius 3 is 2.50 bits per heavy atom. The topological polar surface area (TPSA) is 19.4 Å². The molecule has 0 aliphatic heterocycles. The zero-order chi connectivity index (χ0) is 15.9. The Balaban J connectivity index is 2.18. The van der Waals surface area contributed by atoms with Crippen molar-refractivity contribution in [2.24, 2.45) is 0 Å². The van der Waals surface area contributed by atoms with Crippen LogP contribution in [0.1, 0.15) is 25.5 Å². The first kappa shape index (κ1) is 16.7. The molecule has 3 nitrogen and oxygen atoms in total. The van der Waals surface area contributed by atoms with Gasteiger partial charge in [-0.1, -0.05) is 37.3 Å². The maximum Gasteiger partial charge on any atom is 0.0346 e. The van der Waals surface area contributed by atoms with Gasteiger partial charge in [0.2, 0.25) is 0 Å². The van der Waals surface area contributed by atoms with E-state index in [0.717, 1.165) is 19.6 Å². The van der Waals surface area contributed by atoms with E-state index in [0.29, 0.717) is 6.04 Å². The second-order valence-corrected chi connectivity index (χ2v) is 5.88. The van der Waals surface area contributed by atoms with E-state index < -0.39 is 0 Å². The fourth-order valence-electron chi connectivity index (χ4n) is 2.56. The van der Waals surface area contributed by atoms with Crippen molar-refractivity contribution < 1.29 is 0 Å². The predicted octanol–water partition coefficient (Wildman–Crippen LogP) is 3.69. The Kier molecular flexibility index (Phi) is 6.10. The van der Waals surface area contributed by atoms with Crippen LogP contribution in [0.25, 0.3) is 11.1 Å². The molecule has 22 heavy (non-hydrogen) atoms. The van der Waals surface area contributed by atoms with E-state index in [1.807, 2.05) is 18.5 Å². The third-order valence-corrected chi connectivity index (χ3v) is 4.42. The molecule has 0 aliphatic rings. The largest absolute Gasteiger partial charge is 0.305 e. The minimum atomic E-state index is 0.377. The van der Waals surface area contributed by atoms with Crippen LogP contribution in [0.15, 0.2) is 48.8 Å². The summed E-state index contributed by atoms with van der Waals surface area (Å²) in [5.74, 6) is 0. The Hall–Kier alpha value is -1.71. The summed E-state index contributed by atoms with van der Waals surface area (Å²) in [6.07, 6.45) is 3.76. The van der Waals surface area contributed by atoms with Crippen molar-refractivity contribution >= 4 is 0 Å². The van der Waals surface area contributed by atoms with Crippen LogP contribution >= 0.6 is 0 Å². The first-order valence-electron chi connectivity index (χ1n) is 8.01. The molecule has 3 heteroatoms. The zero-order valence-electron chi connectivity index (χ0n) is 14.2. The van der Waals surface area contributed by atoms with Gasteiger partial charge in [0.25, 0.3) is 0 Å². The maximum absolute atomic E-state index is 4.26. The maximum atomic E-state index is 4.26. The molecular weight excluding hydrogens is 270 g/mol. The van der Waals surface area contributed by atoms with Crippen molar-refractivity contribution in [2.45, 2.75) is 19.9 Å². The summed E-state index contributed by atoms with van der Waals surface area (Å²) in [6.45, 7) is 7.72. The lowest BCUT2D eigenvalue weighted by atomic mass is 9.96. The van der Waals surface area contributed by atoms with Crippen LogP contribution in [0.5, 0.6) is 0 Å². The number of hydrogen-bond donors (Lipinski definition) is 0. The van der Waals surface area contributed by atoms with Gasteiger partial charge in [0.15, 0.2) is 0 Å². The molecule has 0 saturated heterocycles. The van der Waals surface area contributed by atoms with Gasteiger partial charge in [0.05, 0.1) is 0 Å². The van der Waals surface area contributed by atoms with E-state index in [2.05, 4.69) is 73.1 Å². The molecule has 0 spiro atoms. The summed E-state index contributed by atoms with van der Waals surface area (Å²) in [5.41, 5.74) is 3.82. The lowest BCUT2D eigenvalue weighted by Gasteiger charge is -2.28. The molecule has 1 aromatic carbocycles. The summed E-state index contributed by atoms with van der Waals surface area (Å²) in [4.78, 5) is 9.02. The van der Waals surface area contributed by atoms with Crippen molar-refractivity contribution in [3.63, 3.8) is 0 Å². The highest BCUT2D eigenvalue weighted by atomic mass is 15.2. The minimum Gasteiger partial charge on any atom is -0.305 e. The monoisotopic (exact) mass is 297 g/mol. The standard InChI is InChI=1S/C19H27N3/c1-5-21(3)13-14-22(4)16(2)18-10-6-7-11-19(18)17-9-8-12-20-15-17/h6-12,15-16H,5,13-14H2,1-4H3. The van der Waals surface area contributed by atoms with Crippen molar-refractivity contribution in [2.75, 3.05) is 33.7 Å². The molecule has 2 aromatic rings. The molecular formula is C19H27N3. The number of hydrogen-bond acceptors (Lipinski definition) is 3. The van der Waals surface area contributed by atoms with E-state index >= 15 is 0 Å². The van der Waals surface area contributed by atoms with Gasteiger partial charge < -0.3 is 4.90 Å². The van der Waals surface area contributed by atoms with Gasteiger partial charge in [0.1, 0.15) is 0 Å². The Labute approximate surface area is 134 Å². The first-order valence-corrected chi connectivity index (χ1v) is 8.01. The van der Waals surface area contributed by atoms with Crippen molar-refractivity contribution in [3.8, 4) is 11.1 Å². The Bertz CT molecular complexity index is 568. The van der Waals surface area contributed by atoms with E-state index in [9.17, 15) is 0 Å². The fourth-order valence-corrected chi connectivity index (χ4v) is 2.56. The van der Waals surface area contributed by atoms with Gasteiger partial charge in [-0.3, -0.25) is 9.88 Å². The Morgan fingerprint density at radius 2 is 1.82 bits per heavy atom. The summed E-state index contributed by atoms with van der Waals surface area (Å²) in [7, 11) is 4.37. The minimum absolute atomic E-state index is 0.377. The highest BCUT2D eigenvalue weighted by Crippen LogP contribution is 2.30. The number of likely N-dealkylation sites (N-methyl/N-ethyl adjacent to an activating group) is 2. The van der Waals surface area contributed by atoms with E-state index in [-0.39, 0.29) is 0 Å². The molecule has 1 atom stereocenters. The molecule has 0 N–H and O–H groups in total. The summed E-state index contributed by atoms with van der Waals surface area (Å²) in [5, 5.41) is 0. The number of nitrogens with zero attached hydrogens (tertiary/aromatic N) is 3. The van der Waals surface area contributed by atoms with Crippen molar-refractivity contribution in [3.05, 3.63) is 54.4 Å². The lowest BCUT2D eigenvalue weighted by molar-refractivity contribution is 0.221. The fraction of sp³-hybridized carbons (Fsp3) is 0.421. The third-order valence-electron chi connectivity index (χ3n) is 4.42. The molecule has 1 unspecified atom stereocenters. The second kappa shape index (κ2) is 8.06. The quantitative estimate of drug-likeness (QED) is 0.777. The van der Waals surface area contributed by atoms with Gasteiger partial charge in [-0.2, -0.15) is 0 Å². The average Bonchev–Trinajstić information content (AvgIpc) is 2.59. The predicted molar refractivity (Wildman–Crippen MR) is 93.9 cm³/mol. The Morgan fingerprint density at radius 1 is 1.05 bits per heavy atom. The van der Waals surface area contributed by atoms with E-state index in [1.54, 1.807) is 0 Å². The number of rotatable bonds is 7. The van der Waals surface area contributed by atoms with Crippen LogP contribution in [-0.4, -0.2) is 48.5 Å². The van der Waals surface area contributed by atoms with Crippen LogP contribution in [0.2, 0.25) is 0 Å². The second-order valence-electron chi connectivity index (χ2n) is 5.88. The van der Waals surface area contributed by atoms with Gasteiger partial charge in [-0.25, -0.2) is 0 Å². The molecule has 0 radical (unpaired) electrons. The van der Waals surface area contributed by atoms with Crippen molar-refractivity contribution in [1.82, 2.24) is 14.8 Å². The summed E-state index contributed by atoms with van der Waals surface area (Å²) in [6, 6.07) is 13.1. The summed E-state index contributed by atoms with van der Waals surface area (Å²) < 4.78 is 0. The summed E-state index contributed by atoms with van der Waals surface area (Å²) >= 11 is 0. The van der Waals surface area contributed by atoms with Gasteiger partial charge >= 0.3 is 0 Å². The van der Waals surface area contributed by atoms with E-state index in [4.69, 9.17) is 0 Å². The molecule has 0 aliphatic carbocycles. The molecule has 2 rings (SSSR count). The van der Waals surface area contributed by atoms with Crippen molar-refractivity contribution in [1.29, 1.82) is 0 Å². The molecule has 0 fully saturated rings. The lowest BCUT2D eigenvalue weighted by Crippen LogP contribution is -2.32. The van der Waals surface area contributed by atoms with Crippen LogP contribution in [-0.2, 0) is 0 Å². The molecule has 0 bridgehead atoms. The van der Waals surface area contributed by atoms with Crippen LogP contribution in [0.4, 0.5) is 0 Å².